The second-order valence-corrected chi connectivity index (χ2v) is 6.64. The second kappa shape index (κ2) is 7.79. The Labute approximate surface area is 123 Å². The summed E-state index contributed by atoms with van der Waals surface area (Å²) in [6.45, 7) is 9.96. The Kier molecular flexibility index (Phi) is 6.69. The van der Waals surface area contributed by atoms with Crippen molar-refractivity contribution < 1.29 is 4.74 Å². The highest BCUT2D eigenvalue weighted by Gasteiger charge is 2.31. The van der Waals surface area contributed by atoms with Gasteiger partial charge in [-0.2, -0.15) is 5.10 Å². The van der Waals surface area contributed by atoms with E-state index < -0.39 is 0 Å². The molecule has 0 spiro atoms. The van der Waals surface area contributed by atoms with Gasteiger partial charge in [0.1, 0.15) is 0 Å². The van der Waals surface area contributed by atoms with Crippen molar-refractivity contribution in [3.8, 4) is 0 Å². The van der Waals surface area contributed by atoms with E-state index in [1.54, 1.807) is 0 Å². The Morgan fingerprint density at radius 2 is 2.10 bits per heavy atom. The Morgan fingerprint density at radius 1 is 1.40 bits per heavy atom. The van der Waals surface area contributed by atoms with Crippen LogP contribution < -0.4 is 5.32 Å². The van der Waals surface area contributed by atoms with E-state index in [1.165, 1.54) is 5.56 Å². The maximum absolute atomic E-state index is 5.78. The monoisotopic (exact) mass is 281 g/mol. The van der Waals surface area contributed by atoms with Gasteiger partial charge in [0.05, 0.1) is 12.3 Å². The predicted molar refractivity (Wildman–Crippen MR) is 83.9 cm³/mol. The van der Waals surface area contributed by atoms with Gasteiger partial charge >= 0.3 is 0 Å². The van der Waals surface area contributed by atoms with Crippen LogP contribution in [0.25, 0.3) is 0 Å². The van der Waals surface area contributed by atoms with Gasteiger partial charge in [-0.3, -0.25) is 4.68 Å². The van der Waals surface area contributed by atoms with E-state index in [-0.39, 0.29) is 11.5 Å². The minimum atomic E-state index is 0.134. The van der Waals surface area contributed by atoms with E-state index in [1.807, 2.05) is 25.0 Å². The maximum atomic E-state index is 5.78. The number of methoxy groups -OCH3 is 1. The molecule has 1 rings (SSSR count). The van der Waals surface area contributed by atoms with Crippen LogP contribution >= 0.6 is 0 Å². The standard InChI is InChI=1S/C16H31N3O/c1-7-10-17-14(15(20-6)16(2,3)4)9-8-13-11-18-19(5)12-13/h11-12,14-15,17H,7-10H2,1-6H3. The first-order valence-corrected chi connectivity index (χ1v) is 7.62. The minimum absolute atomic E-state index is 0.134. The van der Waals surface area contributed by atoms with Gasteiger partial charge in [-0.25, -0.2) is 0 Å². The van der Waals surface area contributed by atoms with Crippen LogP contribution in [0.5, 0.6) is 0 Å². The van der Waals surface area contributed by atoms with Crippen LogP contribution in [0, 0.1) is 5.41 Å². The third-order valence-corrected chi connectivity index (χ3v) is 3.63. The van der Waals surface area contributed by atoms with E-state index in [0.29, 0.717) is 6.04 Å². The minimum Gasteiger partial charge on any atom is -0.379 e. The van der Waals surface area contributed by atoms with Crippen molar-refractivity contribution in [1.29, 1.82) is 0 Å². The Bertz CT molecular complexity index is 381. The molecule has 0 aliphatic rings. The number of nitrogens with one attached hydrogen (secondary N) is 1. The molecule has 1 heterocycles. The molecule has 0 aromatic carbocycles. The molecule has 0 saturated heterocycles. The lowest BCUT2D eigenvalue weighted by Crippen LogP contribution is -2.48. The maximum Gasteiger partial charge on any atom is 0.0772 e. The SMILES string of the molecule is CCCNC(CCc1cnn(C)c1)C(OC)C(C)(C)C. The highest BCUT2D eigenvalue weighted by atomic mass is 16.5. The van der Waals surface area contributed by atoms with Crippen LogP contribution in [0.15, 0.2) is 12.4 Å². The van der Waals surface area contributed by atoms with Crippen molar-refractivity contribution in [3.05, 3.63) is 18.0 Å². The molecule has 20 heavy (non-hydrogen) atoms. The van der Waals surface area contributed by atoms with Crippen molar-refractivity contribution in [2.45, 2.75) is 59.1 Å². The van der Waals surface area contributed by atoms with Crippen molar-refractivity contribution in [1.82, 2.24) is 15.1 Å². The summed E-state index contributed by atoms with van der Waals surface area (Å²) < 4.78 is 7.65. The van der Waals surface area contributed by atoms with E-state index in [2.05, 4.69) is 44.3 Å². The Morgan fingerprint density at radius 3 is 2.55 bits per heavy atom. The van der Waals surface area contributed by atoms with Crippen molar-refractivity contribution >= 4 is 0 Å². The van der Waals surface area contributed by atoms with Crippen LogP contribution in [0.3, 0.4) is 0 Å². The van der Waals surface area contributed by atoms with Crippen molar-refractivity contribution in [3.63, 3.8) is 0 Å². The van der Waals surface area contributed by atoms with Crippen molar-refractivity contribution in [2.24, 2.45) is 12.5 Å². The zero-order chi connectivity index (χ0) is 15.2. The lowest BCUT2D eigenvalue weighted by Gasteiger charge is -2.36. The summed E-state index contributed by atoms with van der Waals surface area (Å²) in [7, 11) is 3.78. The molecule has 0 aliphatic heterocycles. The van der Waals surface area contributed by atoms with Crippen LogP contribution in [-0.4, -0.2) is 35.6 Å². The molecule has 0 radical (unpaired) electrons. The number of aryl methyl sites for hydroxylation is 2. The van der Waals surface area contributed by atoms with Gasteiger partial charge in [0, 0.05) is 26.4 Å². The largest absolute Gasteiger partial charge is 0.379 e. The van der Waals surface area contributed by atoms with Gasteiger partial charge in [0.25, 0.3) is 0 Å². The number of nitrogens with zero attached hydrogens (tertiary/aromatic N) is 2. The normalized spacial score (nSPS) is 15.3. The van der Waals surface area contributed by atoms with Crippen LogP contribution in [0.4, 0.5) is 0 Å². The summed E-state index contributed by atoms with van der Waals surface area (Å²) in [5, 5.41) is 7.89. The number of rotatable bonds is 8. The van der Waals surface area contributed by atoms with E-state index in [4.69, 9.17) is 4.74 Å². The number of aromatic nitrogens is 2. The molecule has 0 bridgehead atoms. The summed E-state index contributed by atoms with van der Waals surface area (Å²) in [5.41, 5.74) is 1.43. The fourth-order valence-corrected chi connectivity index (χ4v) is 2.73. The summed E-state index contributed by atoms with van der Waals surface area (Å²) in [6.07, 6.45) is 7.51. The average Bonchev–Trinajstić information content (AvgIpc) is 2.77. The first-order valence-electron chi connectivity index (χ1n) is 7.62. The van der Waals surface area contributed by atoms with Crippen LogP contribution in [0.2, 0.25) is 0 Å². The van der Waals surface area contributed by atoms with Gasteiger partial charge < -0.3 is 10.1 Å². The quantitative estimate of drug-likeness (QED) is 0.796. The first kappa shape index (κ1) is 17.2. The molecule has 2 atom stereocenters. The smallest absolute Gasteiger partial charge is 0.0772 e. The molecule has 1 aromatic heterocycles. The molecule has 1 aromatic rings. The molecular formula is C16H31N3O. The molecule has 1 N–H and O–H groups in total. The third-order valence-electron chi connectivity index (χ3n) is 3.63. The van der Waals surface area contributed by atoms with Crippen LogP contribution in [-0.2, 0) is 18.2 Å². The lowest BCUT2D eigenvalue weighted by molar-refractivity contribution is -0.0130. The Hall–Kier alpha value is -0.870. The summed E-state index contributed by atoms with van der Waals surface area (Å²) >= 11 is 0. The third kappa shape index (κ3) is 5.25. The zero-order valence-electron chi connectivity index (χ0n) is 13.9. The molecule has 116 valence electrons. The number of ether oxygens (including phenoxy) is 1. The van der Waals surface area contributed by atoms with E-state index in [0.717, 1.165) is 25.8 Å². The molecule has 4 nitrogen and oxygen atoms in total. The summed E-state index contributed by atoms with van der Waals surface area (Å²) in [4.78, 5) is 0. The second-order valence-electron chi connectivity index (χ2n) is 6.64. The lowest BCUT2D eigenvalue weighted by atomic mass is 9.82. The van der Waals surface area contributed by atoms with Gasteiger partial charge in [0.2, 0.25) is 0 Å². The predicted octanol–water partition coefficient (Wildman–Crippen LogP) is 2.78. The molecule has 0 saturated carbocycles. The highest BCUT2D eigenvalue weighted by molar-refractivity contribution is 5.04. The molecule has 0 aliphatic carbocycles. The fourth-order valence-electron chi connectivity index (χ4n) is 2.73. The first-order chi connectivity index (χ1) is 9.38. The van der Waals surface area contributed by atoms with Gasteiger partial charge in [-0.05, 0) is 36.8 Å². The highest BCUT2D eigenvalue weighted by Crippen LogP contribution is 2.26. The summed E-state index contributed by atoms with van der Waals surface area (Å²) in [6, 6.07) is 0.375. The van der Waals surface area contributed by atoms with Gasteiger partial charge in [-0.15, -0.1) is 0 Å². The van der Waals surface area contributed by atoms with E-state index in [9.17, 15) is 0 Å². The molecule has 0 amide bonds. The van der Waals surface area contributed by atoms with Gasteiger partial charge in [-0.1, -0.05) is 27.7 Å². The average molecular weight is 281 g/mol. The fraction of sp³-hybridized carbons (Fsp3) is 0.812. The van der Waals surface area contributed by atoms with E-state index >= 15 is 0 Å². The number of hydrogen-bond donors (Lipinski definition) is 1. The molecule has 4 heteroatoms. The Balaban J connectivity index is 2.67. The van der Waals surface area contributed by atoms with Crippen molar-refractivity contribution in [2.75, 3.05) is 13.7 Å². The molecular weight excluding hydrogens is 250 g/mol. The van der Waals surface area contributed by atoms with Crippen LogP contribution in [0.1, 0.15) is 46.1 Å². The summed E-state index contributed by atoms with van der Waals surface area (Å²) in [5.74, 6) is 0. The topological polar surface area (TPSA) is 39.1 Å². The van der Waals surface area contributed by atoms with Gasteiger partial charge in [0.15, 0.2) is 0 Å². The molecule has 0 fully saturated rings. The zero-order valence-corrected chi connectivity index (χ0v) is 13.9. The number of hydrogen-bond acceptors (Lipinski definition) is 3. The molecule has 2 unspecified atom stereocenters.